The third kappa shape index (κ3) is 1.92. The van der Waals surface area contributed by atoms with Crippen LogP contribution in [0.4, 0.5) is 0 Å². The minimum absolute atomic E-state index is 0.486. The fourth-order valence-electron chi connectivity index (χ4n) is 1.82. The average molecular weight is 203 g/mol. The van der Waals surface area contributed by atoms with E-state index in [4.69, 9.17) is 0 Å². The van der Waals surface area contributed by atoms with Gasteiger partial charge in [0.2, 0.25) is 0 Å². The Balaban J connectivity index is 2.22. The van der Waals surface area contributed by atoms with E-state index in [-0.39, 0.29) is 0 Å². The van der Waals surface area contributed by atoms with E-state index in [0.717, 1.165) is 5.56 Å². The van der Waals surface area contributed by atoms with Crippen molar-refractivity contribution in [3.05, 3.63) is 48.0 Å². The molecular formula is C12H13NO2. The maximum atomic E-state index is 11.2. The summed E-state index contributed by atoms with van der Waals surface area (Å²) in [5.74, 6) is -0.819. The van der Waals surface area contributed by atoms with Crippen LogP contribution in [-0.4, -0.2) is 23.2 Å². The Morgan fingerprint density at radius 1 is 1.40 bits per heavy atom. The molecule has 0 aromatic heterocycles. The first kappa shape index (κ1) is 9.93. The maximum absolute atomic E-state index is 11.2. The van der Waals surface area contributed by atoms with Crippen molar-refractivity contribution >= 4 is 5.97 Å². The minimum atomic E-state index is -0.915. The van der Waals surface area contributed by atoms with Gasteiger partial charge < -0.3 is 5.11 Å². The van der Waals surface area contributed by atoms with E-state index in [0.29, 0.717) is 13.0 Å². The third-order valence-corrected chi connectivity index (χ3v) is 2.65. The van der Waals surface area contributed by atoms with Crippen molar-refractivity contribution in [3.63, 3.8) is 0 Å². The highest BCUT2D eigenvalue weighted by atomic mass is 16.4. The molecule has 0 saturated carbocycles. The lowest BCUT2D eigenvalue weighted by Crippen LogP contribution is -2.49. The van der Waals surface area contributed by atoms with Crippen LogP contribution in [-0.2, 0) is 11.2 Å². The number of benzene rings is 1. The molecule has 1 aromatic rings. The fourth-order valence-corrected chi connectivity index (χ4v) is 1.82. The Morgan fingerprint density at radius 2 is 2.13 bits per heavy atom. The predicted octanol–water partition coefficient (Wildman–Crippen LogP) is 1.21. The number of hydrogen-bond acceptors (Lipinski definition) is 2. The van der Waals surface area contributed by atoms with Crippen LogP contribution in [0, 0.1) is 0 Å². The van der Waals surface area contributed by atoms with Crippen molar-refractivity contribution < 1.29 is 9.90 Å². The second-order valence-electron chi connectivity index (χ2n) is 3.72. The van der Waals surface area contributed by atoms with Crippen molar-refractivity contribution in [3.8, 4) is 0 Å². The van der Waals surface area contributed by atoms with Crippen LogP contribution >= 0.6 is 0 Å². The highest BCUT2D eigenvalue weighted by Crippen LogP contribution is 2.19. The highest BCUT2D eigenvalue weighted by molar-refractivity contribution is 5.82. The molecule has 3 nitrogen and oxygen atoms in total. The first-order chi connectivity index (χ1) is 7.23. The van der Waals surface area contributed by atoms with Crippen LogP contribution in [0.5, 0.6) is 0 Å². The standard InChI is InChI=1S/C12H13NO2/c14-11(15)12(7-4-8-13-12)9-10-5-2-1-3-6-10/h1-7,13H,8-9H2,(H,14,15)/t12-/m0/s1. The zero-order chi connectivity index (χ0) is 10.7. The molecule has 0 fully saturated rings. The summed E-state index contributed by atoms with van der Waals surface area (Å²) in [6.07, 6.45) is 4.08. The largest absolute Gasteiger partial charge is 0.480 e. The predicted molar refractivity (Wildman–Crippen MR) is 57.7 cm³/mol. The van der Waals surface area contributed by atoms with E-state index >= 15 is 0 Å². The quantitative estimate of drug-likeness (QED) is 0.726. The molecule has 3 heteroatoms. The number of carboxylic acids is 1. The van der Waals surface area contributed by atoms with E-state index < -0.39 is 11.5 Å². The molecular weight excluding hydrogens is 190 g/mol. The first-order valence-electron chi connectivity index (χ1n) is 4.93. The van der Waals surface area contributed by atoms with Gasteiger partial charge >= 0.3 is 5.97 Å². The summed E-state index contributed by atoms with van der Waals surface area (Å²) in [6, 6.07) is 9.65. The Morgan fingerprint density at radius 3 is 2.67 bits per heavy atom. The van der Waals surface area contributed by atoms with Crippen LogP contribution in [0.2, 0.25) is 0 Å². The lowest BCUT2D eigenvalue weighted by molar-refractivity contribution is -0.142. The van der Waals surface area contributed by atoms with E-state index in [1.807, 2.05) is 36.4 Å². The van der Waals surface area contributed by atoms with Crippen molar-refractivity contribution in [1.82, 2.24) is 5.32 Å². The van der Waals surface area contributed by atoms with E-state index in [9.17, 15) is 9.90 Å². The summed E-state index contributed by atoms with van der Waals surface area (Å²) in [4.78, 5) is 11.2. The molecule has 1 heterocycles. The van der Waals surface area contributed by atoms with Crippen molar-refractivity contribution in [2.75, 3.05) is 6.54 Å². The molecule has 1 aliphatic rings. The van der Waals surface area contributed by atoms with Gasteiger partial charge in [0.1, 0.15) is 5.54 Å². The molecule has 0 radical (unpaired) electrons. The normalized spacial score (nSPS) is 24.3. The molecule has 2 N–H and O–H groups in total. The molecule has 78 valence electrons. The Labute approximate surface area is 88.4 Å². The Kier molecular flexibility index (Phi) is 2.56. The molecule has 2 rings (SSSR count). The number of hydrogen-bond donors (Lipinski definition) is 2. The number of aliphatic carboxylic acids is 1. The van der Waals surface area contributed by atoms with Crippen LogP contribution in [0.3, 0.4) is 0 Å². The van der Waals surface area contributed by atoms with Gasteiger partial charge in [0.25, 0.3) is 0 Å². The molecule has 0 amide bonds. The fraction of sp³-hybridized carbons (Fsp3) is 0.250. The summed E-state index contributed by atoms with van der Waals surface area (Å²) < 4.78 is 0. The van der Waals surface area contributed by atoms with Gasteiger partial charge in [0, 0.05) is 13.0 Å². The monoisotopic (exact) mass is 203 g/mol. The van der Waals surface area contributed by atoms with Crippen LogP contribution in [0.1, 0.15) is 5.56 Å². The summed E-state index contributed by atoms with van der Waals surface area (Å²) in [7, 11) is 0. The van der Waals surface area contributed by atoms with E-state index in [1.54, 1.807) is 6.08 Å². The van der Waals surface area contributed by atoms with E-state index in [2.05, 4.69) is 5.32 Å². The maximum Gasteiger partial charge on any atom is 0.328 e. The number of carbonyl (C=O) groups is 1. The topological polar surface area (TPSA) is 49.3 Å². The summed E-state index contributed by atoms with van der Waals surface area (Å²) in [5.41, 5.74) is 0.111. The first-order valence-corrected chi connectivity index (χ1v) is 4.93. The SMILES string of the molecule is O=C(O)[C@@]1(Cc2ccccc2)C=CCN1. The van der Waals surface area contributed by atoms with Crippen LogP contribution in [0.25, 0.3) is 0 Å². The van der Waals surface area contributed by atoms with Crippen molar-refractivity contribution in [2.24, 2.45) is 0 Å². The van der Waals surface area contributed by atoms with Crippen LogP contribution < -0.4 is 5.32 Å². The average Bonchev–Trinajstić information content (AvgIpc) is 2.69. The smallest absolute Gasteiger partial charge is 0.328 e. The molecule has 1 aliphatic heterocycles. The van der Waals surface area contributed by atoms with Gasteiger partial charge in [0.15, 0.2) is 0 Å². The minimum Gasteiger partial charge on any atom is -0.480 e. The van der Waals surface area contributed by atoms with E-state index in [1.165, 1.54) is 0 Å². The second-order valence-corrected chi connectivity index (χ2v) is 3.72. The number of rotatable bonds is 3. The molecule has 0 unspecified atom stereocenters. The molecule has 0 aliphatic carbocycles. The lowest BCUT2D eigenvalue weighted by atomic mass is 9.92. The molecule has 0 bridgehead atoms. The van der Waals surface area contributed by atoms with Gasteiger partial charge in [-0.05, 0) is 5.56 Å². The summed E-state index contributed by atoms with van der Waals surface area (Å²) in [5, 5.41) is 12.2. The Hall–Kier alpha value is -1.61. The van der Waals surface area contributed by atoms with Crippen molar-refractivity contribution in [2.45, 2.75) is 12.0 Å². The highest BCUT2D eigenvalue weighted by Gasteiger charge is 2.37. The van der Waals surface area contributed by atoms with Gasteiger partial charge in [0.05, 0.1) is 0 Å². The Bertz CT molecular complexity index is 386. The molecule has 1 atom stereocenters. The number of carboxylic acid groups (broad SMARTS) is 1. The van der Waals surface area contributed by atoms with Crippen LogP contribution in [0.15, 0.2) is 42.5 Å². The zero-order valence-electron chi connectivity index (χ0n) is 8.31. The van der Waals surface area contributed by atoms with Crippen molar-refractivity contribution in [1.29, 1.82) is 0 Å². The number of nitrogens with one attached hydrogen (secondary N) is 1. The zero-order valence-corrected chi connectivity index (χ0v) is 8.31. The van der Waals surface area contributed by atoms with Gasteiger partial charge in [-0.1, -0.05) is 42.5 Å². The van der Waals surface area contributed by atoms with Gasteiger partial charge in [-0.15, -0.1) is 0 Å². The lowest BCUT2D eigenvalue weighted by Gasteiger charge is -2.23. The summed E-state index contributed by atoms with van der Waals surface area (Å²) >= 11 is 0. The molecule has 1 aromatic carbocycles. The second kappa shape index (κ2) is 3.87. The van der Waals surface area contributed by atoms with Gasteiger partial charge in [-0.25, -0.2) is 4.79 Å². The molecule has 0 spiro atoms. The molecule has 15 heavy (non-hydrogen) atoms. The summed E-state index contributed by atoms with van der Waals surface area (Å²) in [6.45, 7) is 0.624. The molecule has 0 saturated heterocycles. The van der Waals surface area contributed by atoms with Gasteiger partial charge in [-0.3, -0.25) is 5.32 Å². The third-order valence-electron chi connectivity index (χ3n) is 2.65. The van der Waals surface area contributed by atoms with Gasteiger partial charge in [-0.2, -0.15) is 0 Å².